The van der Waals surface area contributed by atoms with E-state index in [0.29, 0.717) is 12.5 Å². The maximum atomic E-state index is 12.5. The molecule has 102 valence electrons. The second kappa shape index (κ2) is 5.87. The lowest BCUT2D eigenvalue weighted by atomic mass is 10.1. The predicted molar refractivity (Wildman–Crippen MR) is 79.5 cm³/mol. The van der Waals surface area contributed by atoms with Crippen molar-refractivity contribution in [3.63, 3.8) is 0 Å². The lowest BCUT2D eigenvalue weighted by Gasteiger charge is -2.21. The summed E-state index contributed by atoms with van der Waals surface area (Å²) >= 11 is 0. The number of rotatable bonds is 5. The molecule has 1 heterocycles. The minimum atomic E-state index is 0.176. The van der Waals surface area contributed by atoms with Crippen LogP contribution in [0.1, 0.15) is 24.8 Å². The number of carbonyl (C=O) groups excluding carboxylic acids is 1. The summed E-state index contributed by atoms with van der Waals surface area (Å²) in [5.41, 5.74) is 1.21. The Morgan fingerprint density at radius 1 is 1.10 bits per heavy atom. The maximum absolute atomic E-state index is 12.5. The van der Waals surface area contributed by atoms with E-state index in [1.54, 1.807) is 6.20 Å². The summed E-state index contributed by atoms with van der Waals surface area (Å²) in [7, 11) is 0. The Morgan fingerprint density at radius 2 is 1.85 bits per heavy atom. The van der Waals surface area contributed by atoms with Crippen LogP contribution < -0.4 is 4.90 Å². The summed E-state index contributed by atoms with van der Waals surface area (Å²) in [5.74, 6) is 0.961. The molecule has 0 N–H and O–H groups in total. The van der Waals surface area contributed by atoms with Gasteiger partial charge in [0.2, 0.25) is 5.91 Å². The minimum Gasteiger partial charge on any atom is -0.294 e. The smallest absolute Gasteiger partial charge is 0.228 e. The van der Waals surface area contributed by atoms with Crippen LogP contribution in [-0.4, -0.2) is 16.9 Å². The first-order valence-corrected chi connectivity index (χ1v) is 7.11. The third kappa shape index (κ3) is 3.05. The van der Waals surface area contributed by atoms with E-state index in [-0.39, 0.29) is 5.91 Å². The summed E-state index contributed by atoms with van der Waals surface area (Å²) in [6.45, 7) is 0. The van der Waals surface area contributed by atoms with Gasteiger partial charge in [-0.25, -0.2) is 4.98 Å². The molecular formula is C17H18N2O. The van der Waals surface area contributed by atoms with Crippen LogP contribution in [-0.2, 0) is 11.2 Å². The van der Waals surface area contributed by atoms with E-state index in [9.17, 15) is 4.79 Å². The predicted octanol–water partition coefficient (Wildman–Crippen LogP) is 3.21. The first-order chi connectivity index (χ1) is 9.84. The van der Waals surface area contributed by atoms with Crippen LogP contribution in [0.25, 0.3) is 0 Å². The summed E-state index contributed by atoms with van der Waals surface area (Å²) in [5, 5.41) is 0. The highest BCUT2D eigenvalue weighted by molar-refractivity contribution is 5.93. The van der Waals surface area contributed by atoms with E-state index in [2.05, 4.69) is 17.1 Å². The standard InChI is InChI=1S/C17H18N2O/c20-17(12-9-14-6-2-1-3-7-14)19(15-10-11-15)16-8-4-5-13-18-16/h1-8,13,15H,9-12H2. The van der Waals surface area contributed by atoms with Gasteiger partial charge in [0.05, 0.1) is 0 Å². The zero-order chi connectivity index (χ0) is 13.8. The Balaban J connectivity index is 1.68. The van der Waals surface area contributed by atoms with Crippen molar-refractivity contribution in [3.05, 3.63) is 60.3 Å². The highest BCUT2D eigenvalue weighted by Gasteiger charge is 2.33. The topological polar surface area (TPSA) is 33.2 Å². The maximum Gasteiger partial charge on any atom is 0.228 e. The number of nitrogens with zero attached hydrogens (tertiary/aromatic N) is 2. The highest BCUT2D eigenvalue weighted by Crippen LogP contribution is 2.31. The van der Waals surface area contributed by atoms with E-state index < -0.39 is 0 Å². The van der Waals surface area contributed by atoms with E-state index in [1.165, 1.54) is 5.56 Å². The zero-order valence-corrected chi connectivity index (χ0v) is 11.4. The Bertz CT molecular complexity index is 564. The average molecular weight is 266 g/mol. The third-order valence-corrected chi connectivity index (χ3v) is 3.55. The van der Waals surface area contributed by atoms with Crippen LogP contribution in [0, 0.1) is 0 Å². The lowest BCUT2D eigenvalue weighted by molar-refractivity contribution is -0.118. The zero-order valence-electron chi connectivity index (χ0n) is 11.4. The van der Waals surface area contributed by atoms with Crippen LogP contribution in [0.4, 0.5) is 5.82 Å². The number of aryl methyl sites for hydroxylation is 1. The second-order valence-electron chi connectivity index (χ2n) is 5.17. The van der Waals surface area contributed by atoms with Crippen LogP contribution in [0.2, 0.25) is 0 Å². The molecule has 3 nitrogen and oxygen atoms in total. The number of aromatic nitrogens is 1. The molecule has 1 aliphatic carbocycles. The molecule has 0 aliphatic heterocycles. The quantitative estimate of drug-likeness (QED) is 0.832. The SMILES string of the molecule is O=C(CCc1ccccc1)N(c1ccccn1)C1CC1. The molecule has 3 rings (SSSR count). The second-order valence-corrected chi connectivity index (χ2v) is 5.17. The number of anilines is 1. The van der Waals surface area contributed by atoms with Gasteiger partial charge >= 0.3 is 0 Å². The van der Waals surface area contributed by atoms with Crippen molar-refractivity contribution in [2.45, 2.75) is 31.7 Å². The molecule has 1 aromatic heterocycles. The largest absolute Gasteiger partial charge is 0.294 e. The molecule has 1 fully saturated rings. The lowest BCUT2D eigenvalue weighted by Crippen LogP contribution is -2.33. The highest BCUT2D eigenvalue weighted by atomic mass is 16.2. The van der Waals surface area contributed by atoms with Crippen molar-refractivity contribution in [2.24, 2.45) is 0 Å². The molecular weight excluding hydrogens is 248 g/mol. The van der Waals surface area contributed by atoms with Crippen molar-refractivity contribution >= 4 is 11.7 Å². The monoisotopic (exact) mass is 266 g/mol. The van der Waals surface area contributed by atoms with Gasteiger partial charge in [-0.3, -0.25) is 9.69 Å². The van der Waals surface area contributed by atoms with Gasteiger partial charge in [-0.1, -0.05) is 36.4 Å². The Kier molecular flexibility index (Phi) is 3.77. The molecule has 1 aliphatic rings. The molecule has 1 saturated carbocycles. The fourth-order valence-electron chi connectivity index (χ4n) is 2.36. The van der Waals surface area contributed by atoms with Crippen LogP contribution >= 0.6 is 0 Å². The van der Waals surface area contributed by atoms with Crippen molar-refractivity contribution in [2.75, 3.05) is 4.90 Å². The number of amides is 1. The van der Waals surface area contributed by atoms with E-state index in [0.717, 1.165) is 25.1 Å². The van der Waals surface area contributed by atoms with Gasteiger partial charge in [-0.05, 0) is 37.0 Å². The van der Waals surface area contributed by atoms with Crippen molar-refractivity contribution < 1.29 is 4.79 Å². The molecule has 0 radical (unpaired) electrons. The normalized spacial score (nSPS) is 14.0. The third-order valence-electron chi connectivity index (χ3n) is 3.55. The molecule has 3 heteroatoms. The van der Waals surface area contributed by atoms with Gasteiger partial charge in [0.25, 0.3) is 0 Å². The van der Waals surface area contributed by atoms with Crippen LogP contribution in [0.15, 0.2) is 54.7 Å². The van der Waals surface area contributed by atoms with Crippen LogP contribution in [0.5, 0.6) is 0 Å². The van der Waals surface area contributed by atoms with Gasteiger partial charge in [-0.15, -0.1) is 0 Å². The van der Waals surface area contributed by atoms with E-state index in [4.69, 9.17) is 0 Å². The molecule has 0 unspecified atom stereocenters. The molecule has 20 heavy (non-hydrogen) atoms. The first kappa shape index (κ1) is 12.9. The minimum absolute atomic E-state index is 0.176. The average Bonchev–Trinajstić information content (AvgIpc) is 3.32. The fourth-order valence-corrected chi connectivity index (χ4v) is 2.36. The summed E-state index contributed by atoms with van der Waals surface area (Å²) in [6.07, 6.45) is 5.25. The fraction of sp³-hybridized carbons (Fsp3) is 0.294. The number of pyridine rings is 1. The molecule has 1 aromatic carbocycles. The van der Waals surface area contributed by atoms with E-state index in [1.807, 2.05) is 41.3 Å². The summed E-state index contributed by atoms with van der Waals surface area (Å²) in [4.78, 5) is 18.7. The number of carbonyl (C=O) groups is 1. The molecule has 1 amide bonds. The Labute approximate surface area is 119 Å². The summed E-state index contributed by atoms with van der Waals surface area (Å²) in [6, 6.07) is 16.2. The van der Waals surface area contributed by atoms with Crippen molar-refractivity contribution in [3.8, 4) is 0 Å². The van der Waals surface area contributed by atoms with Crippen LogP contribution in [0.3, 0.4) is 0 Å². The van der Waals surface area contributed by atoms with Crippen molar-refractivity contribution in [1.29, 1.82) is 0 Å². The Morgan fingerprint density at radius 3 is 2.50 bits per heavy atom. The molecule has 0 spiro atoms. The van der Waals surface area contributed by atoms with Crippen molar-refractivity contribution in [1.82, 2.24) is 4.98 Å². The number of hydrogen-bond donors (Lipinski definition) is 0. The molecule has 0 saturated heterocycles. The van der Waals surface area contributed by atoms with Gasteiger partial charge in [-0.2, -0.15) is 0 Å². The van der Waals surface area contributed by atoms with Gasteiger partial charge < -0.3 is 0 Å². The molecule has 0 atom stereocenters. The van der Waals surface area contributed by atoms with Gasteiger partial charge in [0.1, 0.15) is 5.82 Å². The van der Waals surface area contributed by atoms with E-state index >= 15 is 0 Å². The van der Waals surface area contributed by atoms with Gasteiger partial charge in [0, 0.05) is 18.7 Å². The molecule has 2 aromatic rings. The summed E-state index contributed by atoms with van der Waals surface area (Å²) < 4.78 is 0. The number of benzene rings is 1. The Hall–Kier alpha value is -2.16. The van der Waals surface area contributed by atoms with Gasteiger partial charge in [0.15, 0.2) is 0 Å². The molecule has 0 bridgehead atoms. The first-order valence-electron chi connectivity index (χ1n) is 7.11. The number of hydrogen-bond acceptors (Lipinski definition) is 2.